The Labute approximate surface area is 176 Å². The summed E-state index contributed by atoms with van der Waals surface area (Å²) in [5.41, 5.74) is 4.47. The van der Waals surface area contributed by atoms with Gasteiger partial charge in [-0.2, -0.15) is 5.10 Å². The molecule has 0 aliphatic heterocycles. The number of imidazole rings is 1. The lowest BCUT2D eigenvalue weighted by atomic mass is 10.1. The van der Waals surface area contributed by atoms with E-state index in [0.717, 1.165) is 33.2 Å². The summed E-state index contributed by atoms with van der Waals surface area (Å²) >= 11 is 1.60. The number of amides is 1. The van der Waals surface area contributed by atoms with E-state index in [2.05, 4.69) is 15.4 Å². The van der Waals surface area contributed by atoms with Crippen LogP contribution in [0.4, 0.5) is 5.69 Å². The molecule has 0 radical (unpaired) electrons. The number of nitrogens with zero attached hydrogens (tertiary/aromatic N) is 4. The molecule has 146 valence electrons. The van der Waals surface area contributed by atoms with Crippen molar-refractivity contribution in [2.24, 2.45) is 0 Å². The molecule has 0 fully saturated rings. The molecule has 1 amide bonds. The van der Waals surface area contributed by atoms with Crippen LogP contribution in [0.1, 0.15) is 5.56 Å². The smallest absolute Gasteiger partial charge is 0.248 e. The summed E-state index contributed by atoms with van der Waals surface area (Å²) in [4.78, 5) is 17.8. The summed E-state index contributed by atoms with van der Waals surface area (Å²) in [6.07, 6.45) is 10.8. The molecule has 0 aliphatic rings. The minimum Gasteiger partial charge on any atom is -0.323 e. The van der Waals surface area contributed by atoms with Gasteiger partial charge < -0.3 is 5.32 Å². The van der Waals surface area contributed by atoms with Gasteiger partial charge in [0.05, 0.1) is 17.6 Å². The van der Waals surface area contributed by atoms with Gasteiger partial charge in [-0.1, -0.05) is 30.3 Å². The van der Waals surface area contributed by atoms with Crippen molar-refractivity contribution in [3.05, 3.63) is 96.4 Å². The Morgan fingerprint density at radius 2 is 1.87 bits per heavy atom. The molecule has 1 N–H and O–H groups in total. The Kier molecular flexibility index (Phi) is 4.71. The second kappa shape index (κ2) is 7.81. The van der Waals surface area contributed by atoms with Gasteiger partial charge in [-0.3, -0.25) is 9.20 Å². The lowest BCUT2D eigenvalue weighted by Crippen LogP contribution is -2.07. The third-order valence-corrected chi connectivity index (χ3v) is 5.36. The van der Waals surface area contributed by atoms with Crippen molar-refractivity contribution in [3.8, 4) is 16.9 Å². The molecule has 7 heteroatoms. The molecule has 2 aromatic carbocycles. The Morgan fingerprint density at radius 1 is 1.03 bits per heavy atom. The van der Waals surface area contributed by atoms with E-state index in [-0.39, 0.29) is 5.91 Å². The Hall–Kier alpha value is -3.97. The van der Waals surface area contributed by atoms with Crippen LogP contribution < -0.4 is 5.32 Å². The van der Waals surface area contributed by atoms with E-state index >= 15 is 0 Å². The van der Waals surface area contributed by atoms with Crippen LogP contribution >= 0.6 is 11.3 Å². The number of nitrogens with one attached hydrogen (secondary N) is 1. The molecule has 0 bridgehead atoms. The molecule has 5 rings (SSSR count). The first-order valence-electron chi connectivity index (χ1n) is 9.36. The summed E-state index contributed by atoms with van der Waals surface area (Å²) in [7, 11) is 0. The number of carbonyl (C=O) groups is 1. The number of rotatable bonds is 5. The summed E-state index contributed by atoms with van der Waals surface area (Å²) in [5, 5.41) is 9.20. The minimum atomic E-state index is -0.197. The second-order valence-corrected chi connectivity index (χ2v) is 7.55. The Morgan fingerprint density at radius 3 is 2.67 bits per heavy atom. The normalized spacial score (nSPS) is 11.3. The van der Waals surface area contributed by atoms with E-state index in [1.54, 1.807) is 28.3 Å². The molecule has 0 aliphatic carbocycles. The van der Waals surface area contributed by atoms with Crippen LogP contribution in [0.15, 0.2) is 90.8 Å². The number of aromatic nitrogens is 4. The first-order chi connectivity index (χ1) is 14.7. The van der Waals surface area contributed by atoms with Crippen molar-refractivity contribution in [2.75, 3.05) is 5.32 Å². The molecule has 6 nitrogen and oxygen atoms in total. The summed E-state index contributed by atoms with van der Waals surface area (Å²) in [6.45, 7) is 0. The zero-order chi connectivity index (χ0) is 20.3. The van der Waals surface area contributed by atoms with E-state index in [1.807, 2.05) is 83.0 Å². The van der Waals surface area contributed by atoms with Gasteiger partial charge in [0, 0.05) is 46.9 Å². The molecule has 0 unspecified atom stereocenters. The zero-order valence-corrected chi connectivity index (χ0v) is 16.7. The van der Waals surface area contributed by atoms with Crippen LogP contribution in [0.25, 0.3) is 28.0 Å². The average Bonchev–Trinajstić information content (AvgIpc) is 3.50. The molecule has 5 aromatic rings. The SMILES string of the molecule is O=C(/C=C/c1cnn(-c2ccccc2)c1)Nc1ccc(-c2cn3ccsc3n2)cc1. The quantitative estimate of drug-likeness (QED) is 0.418. The van der Waals surface area contributed by atoms with Crippen LogP contribution in [-0.4, -0.2) is 25.1 Å². The highest BCUT2D eigenvalue weighted by molar-refractivity contribution is 7.15. The Balaban J connectivity index is 1.23. The Bertz CT molecular complexity index is 1300. The molecule has 0 saturated carbocycles. The van der Waals surface area contributed by atoms with Crippen molar-refractivity contribution in [3.63, 3.8) is 0 Å². The maximum atomic E-state index is 12.3. The fourth-order valence-electron chi connectivity index (χ4n) is 3.09. The molecular formula is C23H17N5OS. The number of thiazole rings is 1. The van der Waals surface area contributed by atoms with Gasteiger partial charge in [-0.05, 0) is 30.3 Å². The maximum absolute atomic E-state index is 12.3. The molecule has 30 heavy (non-hydrogen) atoms. The molecule has 3 aromatic heterocycles. The van der Waals surface area contributed by atoms with Gasteiger partial charge in [0.25, 0.3) is 0 Å². The van der Waals surface area contributed by atoms with E-state index in [1.165, 1.54) is 6.08 Å². The number of fused-ring (bicyclic) bond motifs is 1. The molecule has 3 heterocycles. The molecule has 0 saturated heterocycles. The van der Waals surface area contributed by atoms with E-state index < -0.39 is 0 Å². The number of hydrogen-bond acceptors (Lipinski definition) is 4. The lowest BCUT2D eigenvalue weighted by Gasteiger charge is -2.03. The van der Waals surface area contributed by atoms with Gasteiger partial charge in [0.2, 0.25) is 5.91 Å². The predicted molar refractivity (Wildman–Crippen MR) is 120 cm³/mol. The zero-order valence-electron chi connectivity index (χ0n) is 15.8. The number of hydrogen-bond donors (Lipinski definition) is 1. The van der Waals surface area contributed by atoms with Gasteiger partial charge in [0.15, 0.2) is 4.96 Å². The molecular weight excluding hydrogens is 394 g/mol. The first-order valence-corrected chi connectivity index (χ1v) is 10.2. The van der Waals surface area contributed by atoms with Crippen LogP contribution in [0, 0.1) is 0 Å². The van der Waals surface area contributed by atoms with Gasteiger partial charge in [-0.25, -0.2) is 9.67 Å². The van der Waals surface area contributed by atoms with Crippen molar-refractivity contribution >= 4 is 34.0 Å². The third-order valence-electron chi connectivity index (χ3n) is 4.59. The highest BCUT2D eigenvalue weighted by Crippen LogP contribution is 2.23. The third kappa shape index (κ3) is 3.78. The summed E-state index contributed by atoms with van der Waals surface area (Å²) in [5.74, 6) is -0.197. The van der Waals surface area contributed by atoms with E-state index in [0.29, 0.717) is 0 Å². The minimum absolute atomic E-state index is 0.197. The monoisotopic (exact) mass is 411 g/mol. The fraction of sp³-hybridized carbons (Fsp3) is 0. The standard InChI is InChI=1S/C23H17N5OS/c29-22(11-6-17-14-24-28(15-17)20-4-2-1-3-5-20)25-19-9-7-18(8-10-19)21-16-27-12-13-30-23(27)26-21/h1-16H,(H,25,29)/b11-6+. The van der Waals surface area contributed by atoms with Crippen LogP contribution in [0.5, 0.6) is 0 Å². The van der Waals surface area contributed by atoms with Gasteiger partial charge >= 0.3 is 0 Å². The van der Waals surface area contributed by atoms with Gasteiger partial charge in [-0.15, -0.1) is 11.3 Å². The summed E-state index contributed by atoms with van der Waals surface area (Å²) < 4.78 is 3.77. The van der Waals surface area contributed by atoms with Crippen LogP contribution in [-0.2, 0) is 4.79 Å². The average molecular weight is 411 g/mol. The topological polar surface area (TPSA) is 64.2 Å². The van der Waals surface area contributed by atoms with Crippen molar-refractivity contribution in [2.45, 2.75) is 0 Å². The van der Waals surface area contributed by atoms with E-state index in [9.17, 15) is 4.79 Å². The number of carbonyl (C=O) groups excluding carboxylic acids is 1. The highest BCUT2D eigenvalue weighted by atomic mass is 32.1. The van der Waals surface area contributed by atoms with Gasteiger partial charge in [0.1, 0.15) is 0 Å². The predicted octanol–water partition coefficient (Wildman–Crippen LogP) is 4.90. The number of anilines is 1. The first kappa shape index (κ1) is 18.1. The van der Waals surface area contributed by atoms with Crippen molar-refractivity contribution in [1.82, 2.24) is 19.2 Å². The highest BCUT2D eigenvalue weighted by Gasteiger charge is 2.06. The fourth-order valence-corrected chi connectivity index (χ4v) is 3.79. The maximum Gasteiger partial charge on any atom is 0.248 e. The second-order valence-electron chi connectivity index (χ2n) is 6.67. The van der Waals surface area contributed by atoms with Crippen LogP contribution in [0.3, 0.4) is 0 Å². The lowest BCUT2D eigenvalue weighted by molar-refractivity contribution is -0.111. The molecule has 0 atom stereocenters. The van der Waals surface area contributed by atoms with Crippen molar-refractivity contribution in [1.29, 1.82) is 0 Å². The largest absolute Gasteiger partial charge is 0.323 e. The number of benzene rings is 2. The van der Waals surface area contributed by atoms with E-state index in [4.69, 9.17) is 0 Å². The molecule has 0 spiro atoms. The van der Waals surface area contributed by atoms with Crippen LogP contribution in [0.2, 0.25) is 0 Å². The van der Waals surface area contributed by atoms with Crippen molar-refractivity contribution < 1.29 is 4.79 Å². The number of para-hydroxylation sites is 1. The summed E-state index contributed by atoms with van der Waals surface area (Å²) in [6, 6.07) is 17.5.